The number of rotatable bonds is 7. The zero-order valence-electron chi connectivity index (χ0n) is 16.5. The minimum absolute atomic E-state index is 0.206. The van der Waals surface area contributed by atoms with E-state index in [1.54, 1.807) is 17.7 Å². The van der Waals surface area contributed by atoms with E-state index in [0.29, 0.717) is 5.92 Å². The van der Waals surface area contributed by atoms with Gasteiger partial charge in [0.25, 0.3) is 0 Å². The van der Waals surface area contributed by atoms with E-state index in [-0.39, 0.29) is 6.04 Å². The van der Waals surface area contributed by atoms with Crippen molar-refractivity contribution >= 4 is 32.4 Å². The highest BCUT2D eigenvalue weighted by atomic mass is 32.1. The predicted molar refractivity (Wildman–Crippen MR) is 116 cm³/mol. The summed E-state index contributed by atoms with van der Waals surface area (Å²) in [6.07, 6.45) is 5.64. The van der Waals surface area contributed by atoms with Gasteiger partial charge in [-0.25, -0.2) is 14.6 Å². The first-order valence-corrected chi connectivity index (χ1v) is 10.6. The van der Waals surface area contributed by atoms with Crippen LogP contribution in [0.4, 0.5) is 10.8 Å². The molecule has 6 heteroatoms. The number of hydrogen-bond donors (Lipinski definition) is 1. The summed E-state index contributed by atoms with van der Waals surface area (Å²) in [7, 11) is 0. The first kappa shape index (κ1) is 18.6. The second-order valence-electron chi connectivity index (χ2n) is 7.13. The lowest BCUT2D eigenvalue weighted by Gasteiger charge is -2.26. The van der Waals surface area contributed by atoms with Gasteiger partial charge >= 0.3 is 0 Å². The Hall–Kier alpha value is -2.73. The molecule has 0 aliphatic rings. The van der Waals surface area contributed by atoms with Crippen molar-refractivity contribution in [1.29, 1.82) is 0 Å². The average molecular weight is 392 g/mol. The summed E-state index contributed by atoms with van der Waals surface area (Å²) in [5.41, 5.74) is 4.59. The Kier molecular flexibility index (Phi) is 5.39. The monoisotopic (exact) mass is 391 g/mol. The molecule has 4 rings (SSSR count). The van der Waals surface area contributed by atoms with Crippen LogP contribution in [0, 0.1) is 12.8 Å². The van der Waals surface area contributed by atoms with Gasteiger partial charge in [0, 0.05) is 5.69 Å². The van der Waals surface area contributed by atoms with Gasteiger partial charge < -0.3 is 5.32 Å². The minimum atomic E-state index is 0.206. The number of thiazole rings is 1. The van der Waals surface area contributed by atoms with E-state index in [9.17, 15) is 0 Å². The number of nitrogens with one attached hydrogen (secondary N) is 1. The van der Waals surface area contributed by atoms with Crippen molar-refractivity contribution in [2.24, 2.45) is 5.92 Å². The molecule has 1 N–H and O–H groups in total. The summed E-state index contributed by atoms with van der Waals surface area (Å²) in [4.78, 5) is 8.84. The molecule has 0 aliphatic carbocycles. The topological polar surface area (TPSA) is 55.6 Å². The molecular weight excluding hydrogens is 366 g/mol. The molecule has 1 unspecified atom stereocenters. The van der Waals surface area contributed by atoms with E-state index < -0.39 is 0 Å². The van der Waals surface area contributed by atoms with Crippen LogP contribution in [0.25, 0.3) is 10.2 Å². The lowest BCUT2D eigenvalue weighted by molar-refractivity contribution is 0.332. The summed E-state index contributed by atoms with van der Waals surface area (Å²) in [5.74, 6) is 0.521. The van der Waals surface area contributed by atoms with Gasteiger partial charge in [0.15, 0.2) is 5.13 Å². The molecule has 144 valence electrons. The summed E-state index contributed by atoms with van der Waals surface area (Å²) in [6.45, 7) is 6.59. The third-order valence-electron chi connectivity index (χ3n) is 5.26. The molecule has 2 heterocycles. The van der Waals surface area contributed by atoms with Crippen LogP contribution in [0.15, 0.2) is 55.1 Å². The van der Waals surface area contributed by atoms with Crippen LogP contribution in [0.5, 0.6) is 0 Å². The second-order valence-corrected chi connectivity index (χ2v) is 8.16. The van der Waals surface area contributed by atoms with Gasteiger partial charge in [0.2, 0.25) is 0 Å². The Labute approximate surface area is 169 Å². The molecule has 0 radical (unpaired) electrons. The van der Waals surface area contributed by atoms with Gasteiger partial charge in [-0.3, -0.25) is 0 Å². The third-order valence-corrected chi connectivity index (χ3v) is 6.20. The fourth-order valence-corrected chi connectivity index (χ4v) is 4.69. The number of fused-ring (bicyclic) bond motifs is 1. The maximum atomic E-state index is 4.69. The number of hydrogen-bond acceptors (Lipinski definition) is 5. The summed E-state index contributed by atoms with van der Waals surface area (Å²) in [5, 5.41) is 8.77. The maximum Gasteiger partial charge on any atom is 0.188 e. The Morgan fingerprint density at radius 3 is 2.54 bits per heavy atom. The van der Waals surface area contributed by atoms with Crippen LogP contribution in [-0.2, 0) is 0 Å². The largest absolute Gasteiger partial charge is 0.332 e. The average Bonchev–Trinajstić information content (AvgIpc) is 3.36. The standard InChI is InChI=1S/C22H25N5S/c1-4-16(5-2)21(27-14-23-13-24-27)17-7-9-18(10-8-17)25-22-26-19-11-6-15(3)12-20(19)28-22/h6-14,16,21H,4-5H2,1-3H3,(H,25,26). The predicted octanol–water partition coefficient (Wildman–Crippen LogP) is 5.97. The van der Waals surface area contributed by atoms with Crippen molar-refractivity contribution in [3.63, 3.8) is 0 Å². The molecular formula is C22H25N5S. The van der Waals surface area contributed by atoms with E-state index in [2.05, 4.69) is 83.6 Å². The SMILES string of the molecule is CCC(CC)C(c1ccc(Nc2nc3ccc(C)cc3s2)cc1)n1cncn1. The molecule has 0 amide bonds. The molecule has 2 aromatic carbocycles. The Bertz CT molecular complexity index is 1030. The zero-order valence-corrected chi connectivity index (χ0v) is 17.3. The van der Waals surface area contributed by atoms with Gasteiger partial charge in [0.1, 0.15) is 12.7 Å². The number of aryl methyl sites for hydroxylation is 1. The molecule has 28 heavy (non-hydrogen) atoms. The third kappa shape index (κ3) is 3.78. The molecule has 0 spiro atoms. The molecule has 2 aromatic heterocycles. The molecule has 0 bridgehead atoms. The van der Waals surface area contributed by atoms with E-state index in [1.165, 1.54) is 15.8 Å². The fourth-order valence-electron chi connectivity index (χ4n) is 3.71. The molecule has 0 saturated carbocycles. The maximum absolute atomic E-state index is 4.69. The quantitative estimate of drug-likeness (QED) is 0.422. The van der Waals surface area contributed by atoms with Crippen molar-refractivity contribution in [1.82, 2.24) is 19.7 Å². The number of aromatic nitrogens is 4. The van der Waals surface area contributed by atoms with Crippen molar-refractivity contribution in [2.75, 3.05) is 5.32 Å². The highest BCUT2D eigenvalue weighted by Crippen LogP contribution is 2.33. The van der Waals surface area contributed by atoms with Crippen molar-refractivity contribution in [3.05, 3.63) is 66.2 Å². The summed E-state index contributed by atoms with van der Waals surface area (Å²) < 4.78 is 3.19. The summed E-state index contributed by atoms with van der Waals surface area (Å²) in [6, 6.07) is 15.2. The van der Waals surface area contributed by atoms with Gasteiger partial charge in [-0.2, -0.15) is 5.10 Å². The molecule has 1 atom stereocenters. The van der Waals surface area contributed by atoms with E-state index in [1.807, 2.05) is 11.0 Å². The number of benzene rings is 2. The van der Waals surface area contributed by atoms with Crippen LogP contribution in [0.1, 0.15) is 43.9 Å². The molecule has 4 aromatic rings. The smallest absolute Gasteiger partial charge is 0.188 e. The van der Waals surface area contributed by atoms with Gasteiger partial charge in [-0.05, 0) is 48.2 Å². The van der Waals surface area contributed by atoms with Crippen molar-refractivity contribution < 1.29 is 0 Å². The Morgan fingerprint density at radius 2 is 1.86 bits per heavy atom. The van der Waals surface area contributed by atoms with Crippen molar-refractivity contribution in [2.45, 2.75) is 39.7 Å². The van der Waals surface area contributed by atoms with Gasteiger partial charge in [0.05, 0.1) is 16.3 Å². The molecule has 0 fully saturated rings. The normalized spacial score (nSPS) is 12.6. The van der Waals surface area contributed by atoms with E-state index in [0.717, 1.165) is 29.2 Å². The zero-order chi connectivity index (χ0) is 19.5. The van der Waals surface area contributed by atoms with Crippen LogP contribution in [-0.4, -0.2) is 19.7 Å². The van der Waals surface area contributed by atoms with Gasteiger partial charge in [-0.15, -0.1) is 0 Å². The first-order valence-electron chi connectivity index (χ1n) is 9.76. The molecule has 0 aliphatic heterocycles. The molecule has 0 saturated heterocycles. The van der Waals surface area contributed by atoms with Crippen molar-refractivity contribution in [3.8, 4) is 0 Å². The highest BCUT2D eigenvalue weighted by molar-refractivity contribution is 7.22. The summed E-state index contributed by atoms with van der Waals surface area (Å²) >= 11 is 1.68. The lowest BCUT2D eigenvalue weighted by atomic mass is 9.89. The highest BCUT2D eigenvalue weighted by Gasteiger charge is 2.23. The molecule has 5 nitrogen and oxygen atoms in total. The number of nitrogens with zero attached hydrogens (tertiary/aromatic N) is 4. The fraction of sp³-hybridized carbons (Fsp3) is 0.318. The Morgan fingerprint density at radius 1 is 1.07 bits per heavy atom. The van der Waals surface area contributed by atoms with E-state index >= 15 is 0 Å². The first-order chi connectivity index (χ1) is 13.7. The van der Waals surface area contributed by atoms with Crippen LogP contribution in [0.3, 0.4) is 0 Å². The second kappa shape index (κ2) is 8.10. The van der Waals surface area contributed by atoms with Gasteiger partial charge in [-0.1, -0.05) is 56.2 Å². The number of anilines is 2. The van der Waals surface area contributed by atoms with Crippen LogP contribution < -0.4 is 5.32 Å². The van der Waals surface area contributed by atoms with Crippen LogP contribution >= 0.6 is 11.3 Å². The Balaban J connectivity index is 1.58. The van der Waals surface area contributed by atoms with E-state index in [4.69, 9.17) is 0 Å². The lowest BCUT2D eigenvalue weighted by Crippen LogP contribution is -2.20. The minimum Gasteiger partial charge on any atom is -0.332 e. The van der Waals surface area contributed by atoms with Crippen LogP contribution in [0.2, 0.25) is 0 Å².